The standard InChI is InChI=1S/C20H31N3O2/c1-20(2,3)18(24)15-23-13-11-22(12-14-23)10-6-9-19-21-16-7-4-5-8-17(16)25-19/h4-5,7-8,18,24H,6,9-15H2,1-3H3/t18-/m0/s1. The molecule has 1 aromatic carbocycles. The number of fused-ring (bicyclic) bond motifs is 1. The normalized spacial score (nSPS) is 18.7. The monoisotopic (exact) mass is 345 g/mol. The molecule has 3 rings (SSSR count). The Kier molecular flexibility index (Phi) is 5.77. The summed E-state index contributed by atoms with van der Waals surface area (Å²) in [7, 11) is 0. The van der Waals surface area contributed by atoms with Crippen molar-refractivity contribution in [3.63, 3.8) is 0 Å². The molecule has 1 N–H and O–H groups in total. The SMILES string of the molecule is CC(C)(C)[C@@H](O)CN1CCN(CCCc2nc3ccccc3o2)CC1. The number of para-hydroxylation sites is 2. The highest BCUT2D eigenvalue weighted by Gasteiger charge is 2.26. The Bertz CT molecular complexity index is 636. The number of hydrogen-bond acceptors (Lipinski definition) is 5. The molecule has 0 bridgehead atoms. The van der Waals surface area contributed by atoms with Gasteiger partial charge in [-0.25, -0.2) is 4.98 Å². The van der Waals surface area contributed by atoms with Crippen LogP contribution in [0.4, 0.5) is 0 Å². The van der Waals surface area contributed by atoms with Crippen molar-refractivity contribution in [3.8, 4) is 0 Å². The first-order chi connectivity index (χ1) is 11.9. The van der Waals surface area contributed by atoms with Crippen LogP contribution in [0.5, 0.6) is 0 Å². The number of oxazole rings is 1. The minimum absolute atomic E-state index is 0.0449. The summed E-state index contributed by atoms with van der Waals surface area (Å²) in [5, 5.41) is 10.3. The van der Waals surface area contributed by atoms with Gasteiger partial charge in [-0.15, -0.1) is 0 Å². The van der Waals surface area contributed by atoms with Crippen molar-refractivity contribution in [2.45, 2.75) is 39.7 Å². The number of β-amino-alcohol motifs (C(OH)–C–C–N with tert-alkyl or cyclic N) is 1. The molecule has 1 atom stereocenters. The lowest BCUT2D eigenvalue weighted by Crippen LogP contribution is -2.50. The van der Waals surface area contributed by atoms with E-state index in [-0.39, 0.29) is 11.5 Å². The van der Waals surface area contributed by atoms with Crippen LogP contribution in [0.2, 0.25) is 0 Å². The fourth-order valence-electron chi connectivity index (χ4n) is 3.19. The predicted octanol–water partition coefficient (Wildman–Crippen LogP) is 2.79. The molecule has 1 aromatic heterocycles. The second-order valence-electron chi connectivity index (χ2n) is 8.20. The third kappa shape index (κ3) is 5.03. The average molecular weight is 345 g/mol. The third-order valence-corrected chi connectivity index (χ3v) is 5.10. The average Bonchev–Trinajstić information content (AvgIpc) is 2.98. The third-order valence-electron chi connectivity index (χ3n) is 5.10. The molecule has 5 heteroatoms. The molecule has 2 heterocycles. The van der Waals surface area contributed by atoms with Crippen LogP contribution in [0.1, 0.15) is 33.1 Å². The van der Waals surface area contributed by atoms with Gasteiger partial charge in [0.05, 0.1) is 6.10 Å². The Balaban J connectivity index is 1.38. The first kappa shape index (κ1) is 18.4. The van der Waals surface area contributed by atoms with E-state index in [0.717, 1.165) is 69.1 Å². The van der Waals surface area contributed by atoms with Gasteiger partial charge >= 0.3 is 0 Å². The van der Waals surface area contributed by atoms with Crippen molar-refractivity contribution in [1.29, 1.82) is 0 Å². The molecule has 5 nitrogen and oxygen atoms in total. The van der Waals surface area contributed by atoms with Gasteiger partial charge in [-0.3, -0.25) is 4.90 Å². The van der Waals surface area contributed by atoms with Gasteiger partial charge in [-0.1, -0.05) is 32.9 Å². The van der Waals surface area contributed by atoms with Gasteiger partial charge in [0, 0.05) is 39.1 Å². The number of aliphatic hydroxyl groups excluding tert-OH is 1. The lowest BCUT2D eigenvalue weighted by molar-refractivity contribution is 0.0134. The van der Waals surface area contributed by atoms with E-state index >= 15 is 0 Å². The second kappa shape index (κ2) is 7.85. The molecule has 0 spiro atoms. The van der Waals surface area contributed by atoms with Crippen molar-refractivity contribution in [1.82, 2.24) is 14.8 Å². The quantitative estimate of drug-likeness (QED) is 0.872. The van der Waals surface area contributed by atoms with E-state index in [4.69, 9.17) is 4.42 Å². The van der Waals surface area contributed by atoms with Crippen LogP contribution >= 0.6 is 0 Å². The van der Waals surface area contributed by atoms with Crippen LogP contribution in [0.15, 0.2) is 28.7 Å². The van der Waals surface area contributed by atoms with Crippen LogP contribution < -0.4 is 0 Å². The minimum atomic E-state index is -0.266. The first-order valence-electron chi connectivity index (χ1n) is 9.39. The smallest absolute Gasteiger partial charge is 0.195 e. The zero-order valence-corrected chi connectivity index (χ0v) is 15.7. The molecular formula is C20H31N3O2. The van der Waals surface area contributed by atoms with Gasteiger partial charge in [0.1, 0.15) is 5.52 Å². The van der Waals surface area contributed by atoms with Crippen molar-refractivity contribution >= 4 is 11.1 Å². The number of nitrogens with zero attached hydrogens (tertiary/aromatic N) is 3. The van der Waals surface area contributed by atoms with Gasteiger partial charge in [0.2, 0.25) is 0 Å². The Morgan fingerprint density at radius 1 is 1.12 bits per heavy atom. The second-order valence-corrected chi connectivity index (χ2v) is 8.20. The van der Waals surface area contributed by atoms with Crippen molar-refractivity contribution < 1.29 is 9.52 Å². The van der Waals surface area contributed by atoms with Crippen LogP contribution in [-0.4, -0.2) is 65.3 Å². The maximum absolute atomic E-state index is 10.3. The summed E-state index contributed by atoms with van der Waals surface area (Å²) in [5.74, 6) is 0.841. The zero-order chi connectivity index (χ0) is 17.9. The molecule has 25 heavy (non-hydrogen) atoms. The number of aryl methyl sites for hydroxylation is 1. The number of benzene rings is 1. The van der Waals surface area contributed by atoms with Gasteiger partial charge in [-0.2, -0.15) is 0 Å². The van der Waals surface area contributed by atoms with Crippen molar-refractivity contribution in [2.75, 3.05) is 39.3 Å². The van der Waals surface area contributed by atoms with Crippen LogP contribution in [-0.2, 0) is 6.42 Å². The first-order valence-corrected chi connectivity index (χ1v) is 9.39. The maximum atomic E-state index is 10.3. The Morgan fingerprint density at radius 2 is 1.80 bits per heavy atom. The number of hydrogen-bond donors (Lipinski definition) is 1. The largest absolute Gasteiger partial charge is 0.441 e. The van der Waals surface area contributed by atoms with Gasteiger partial charge < -0.3 is 14.4 Å². The Hall–Kier alpha value is -1.43. The molecular weight excluding hydrogens is 314 g/mol. The summed E-state index contributed by atoms with van der Waals surface area (Å²) in [6, 6.07) is 7.93. The molecule has 1 saturated heterocycles. The molecule has 1 aliphatic rings. The molecule has 138 valence electrons. The van der Waals surface area contributed by atoms with E-state index in [1.54, 1.807) is 0 Å². The summed E-state index contributed by atoms with van der Waals surface area (Å²) in [6.45, 7) is 12.4. The molecule has 0 saturated carbocycles. The Morgan fingerprint density at radius 3 is 2.48 bits per heavy atom. The maximum Gasteiger partial charge on any atom is 0.195 e. The molecule has 0 amide bonds. The predicted molar refractivity (Wildman–Crippen MR) is 101 cm³/mol. The van der Waals surface area contributed by atoms with Crippen molar-refractivity contribution in [2.24, 2.45) is 5.41 Å². The molecule has 2 aromatic rings. The fraction of sp³-hybridized carbons (Fsp3) is 0.650. The van der Waals surface area contributed by atoms with Crippen LogP contribution in [0, 0.1) is 5.41 Å². The highest BCUT2D eigenvalue weighted by atomic mass is 16.3. The van der Waals surface area contributed by atoms with Gasteiger partial charge in [-0.05, 0) is 30.5 Å². The van der Waals surface area contributed by atoms with E-state index in [1.165, 1.54) is 0 Å². The van der Waals surface area contributed by atoms with Crippen LogP contribution in [0.25, 0.3) is 11.1 Å². The highest BCUT2D eigenvalue weighted by Crippen LogP contribution is 2.20. The summed E-state index contributed by atoms with van der Waals surface area (Å²) < 4.78 is 5.78. The van der Waals surface area contributed by atoms with E-state index in [1.807, 2.05) is 24.3 Å². The molecule has 1 aliphatic heterocycles. The van der Waals surface area contributed by atoms with Gasteiger partial charge in [0.25, 0.3) is 0 Å². The number of aliphatic hydroxyl groups is 1. The summed E-state index contributed by atoms with van der Waals surface area (Å²) in [6.07, 6.45) is 1.69. The topological polar surface area (TPSA) is 52.7 Å². The van der Waals surface area contributed by atoms with E-state index in [2.05, 4.69) is 35.6 Å². The summed E-state index contributed by atoms with van der Waals surface area (Å²) in [5.41, 5.74) is 1.78. The zero-order valence-electron chi connectivity index (χ0n) is 15.7. The van der Waals surface area contributed by atoms with E-state index in [0.29, 0.717) is 0 Å². The minimum Gasteiger partial charge on any atom is -0.441 e. The van der Waals surface area contributed by atoms with Crippen molar-refractivity contribution in [3.05, 3.63) is 30.2 Å². The molecule has 0 radical (unpaired) electrons. The number of rotatable bonds is 6. The number of piperazine rings is 1. The van der Waals surface area contributed by atoms with E-state index < -0.39 is 0 Å². The summed E-state index contributed by atoms with van der Waals surface area (Å²) >= 11 is 0. The molecule has 0 unspecified atom stereocenters. The lowest BCUT2D eigenvalue weighted by atomic mass is 9.89. The lowest BCUT2D eigenvalue weighted by Gasteiger charge is -2.38. The van der Waals surface area contributed by atoms with Gasteiger partial charge in [0.15, 0.2) is 11.5 Å². The fourth-order valence-corrected chi connectivity index (χ4v) is 3.19. The summed E-state index contributed by atoms with van der Waals surface area (Å²) in [4.78, 5) is 9.43. The molecule has 0 aliphatic carbocycles. The highest BCUT2D eigenvalue weighted by molar-refractivity contribution is 5.72. The number of aromatic nitrogens is 1. The van der Waals surface area contributed by atoms with E-state index in [9.17, 15) is 5.11 Å². The molecule has 1 fully saturated rings. The van der Waals surface area contributed by atoms with Crippen LogP contribution in [0.3, 0.4) is 0 Å². The Labute approximate surface area is 150 Å².